The standard InChI is InChI=1S/C38H46N12O6/c1-6-49-25(11-18(3)46-49)35(53)44-37-43-24-14-22(34(41)52)16-28(55-5)31(24)48(37)10-8-9-20-17-56-27-15-21(33(40)51)13-23-29(27)30(20)38(42,32(23)39)45-36(54)26-12-19(4)47-50(26)7-2/h11-16,20,30,32H,6-10,17,39,42H2,1-5H3,(H2,40,51)(H2,41,52)(H,45,54)(H,43,44,53)/t20-,30?,32?,38-/m1/s1. The number of ether oxygens (including phenoxy) is 2. The van der Waals surface area contributed by atoms with E-state index in [2.05, 4.69) is 20.8 Å². The number of imidazole rings is 1. The van der Waals surface area contributed by atoms with E-state index in [0.717, 1.165) is 0 Å². The van der Waals surface area contributed by atoms with Gasteiger partial charge in [-0.05, 0) is 82.5 Å². The minimum atomic E-state index is -1.49. The van der Waals surface area contributed by atoms with Gasteiger partial charge in [-0.25, -0.2) is 4.98 Å². The predicted molar refractivity (Wildman–Crippen MR) is 205 cm³/mol. The topological polar surface area (TPSA) is 268 Å². The van der Waals surface area contributed by atoms with E-state index < -0.39 is 41.3 Å². The second-order valence-corrected chi connectivity index (χ2v) is 14.3. The van der Waals surface area contributed by atoms with Crippen LogP contribution in [0.5, 0.6) is 11.5 Å². The van der Waals surface area contributed by atoms with Crippen molar-refractivity contribution in [3.05, 3.63) is 81.4 Å². The maximum absolute atomic E-state index is 13.9. The molecule has 7 rings (SSSR count). The molecule has 10 N–H and O–H groups in total. The summed E-state index contributed by atoms with van der Waals surface area (Å²) in [6.45, 7) is 8.87. The number of hydrogen-bond donors (Lipinski definition) is 6. The summed E-state index contributed by atoms with van der Waals surface area (Å²) in [6, 6.07) is 8.77. The summed E-state index contributed by atoms with van der Waals surface area (Å²) >= 11 is 0. The fourth-order valence-electron chi connectivity index (χ4n) is 8.23. The number of aryl methyl sites for hydroxylation is 5. The van der Waals surface area contributed by atoms with Crippen molar-refractivity contribution in [2.24, 2.45) is 28.9 Å². The van der Waals surface area contributed by atoms with E-state index in [-0.39, 0.29) is 29.6 Å². The molecule has 18 nitrogen and oxygen atoms in total. The molecule has 4 amide bonds. The fourth-order valence-corrected chi connectivity index (χ4v) is 8.23. The second kappa shape index (κ2) is 14.4. The molecule has 0 bridgehead atoms. The minimum absolute atomic E-state index is 0.195. The van der Waals surface area contributed by atoms with E-state index in [1.807, 2.05) is 18.4 Å². The van der Waals surface area contributed by atoms with Gasteiger partial charge in [-0.2, -0.15) is 10.2 Å². The molecule has 4 atom stereocenters. The molecular formula is C38H46N12O6. The third-order valence-electron chi connectivity index (χ3n) is 10.8. The van der Waals surface area contributed by atoms with Crippen molar-refractivity contribution in [2.45, 2.75) is 77.8 Å². The fraction of sp³-hybridized carbons (Fsp3) is 0.395. The maximum atomic E-state index is 13.9. The van der Waals surface area contributed by atoms with Crippen LogP contribution in [0.1, 0.15) is 103 Å². The van der Waals surface area contributed by atoms with Gasteiger partial charge in [0.2, 0.25) is 17.8 Å². The van der Waals surface area contributed by atoms with Crippen LogP contribution in [0.15, 0.2) is 36.4 Å². The van der Waals surface area contributed by atoms with Gasteiger partial charge in [0.1, 0.15) is 34.1 Å². The quantitative estimate of drug-likeness (QED) is 0.0946. The predicted octanol–water partition coefficient (Wildman–Crippen LogP) is 2.22. The van der Waals surface area contributed by atoms with E-state index in [0.29, 0.717) is 88.9 Å². The zero-order chi connectivity index (χ0) is 40.2. The number of aromatic nitrogens is 6. The molecule has 1 aliphatic heterocycles. The lowest BCUT2D eigenvalue weighted by Gasteiger charge is -2.42. The minimum Gasteiger partial charge on any atom is -0.494 e. The number of primary amides is 2. The molecule has 2 aliphatic rings. The van der Waals surface area contributed by atoms with Crippen LogP contribution < -0.4 is 43.0 Å². The summed E-state index contributed by atoms with van der Waals surface area (Å²) in [6.07, 6.45) is 1.03. The highest BCUT2D eigenvalue weighted by molar-refractivity contribution is 6.04. The highest BCUT2D eigenvalue weighted by atomic mass is 16.5. The normalized spacial score (nSPS) is 19.7. The maximum Gasteiger partial charge on any atom is 0.276 e. The lowest BCUT2D eigenvalue weighted by molar-refractivity contribution is 0.0779. The van der Waals surface area contributed by atoms with Crippen molar-refractivity contribution in [3.8, 4) is 11.5 Å². The molecule has 2 unspecified atom stereocenters. The van der Waals surface area contributed by atoms with Crippen LogP contribution in [0, 0.1) is 19.8 Å². The molecule has 4 heterocycles. The number of carbonyl (C=O) groups excluding carboxylic acids is 4. The van der Waals surface area contributed by atoms with Gasteiger partial charge in [-0.1, -0.05) is 0 Å². The highest BCUT2D eigenvalue weighted by Gasteiger charge is 2.56. The van der Waals surface area contributed by atoms with Gasteiger partial charge >= 0.3 is 0 Å². The number of anilines is 1. The van der Waals surface area contributed by atoms with Gasteiger partial charge in [0, 0.05) is 48.2 Å². The van der Waals surface area contributed by atoms with Crippen molar-refractivity contribution in [1.29, 1.82) is 0 Å². The van der Waals surface area contributed by atoms with Gasteiger partial charge in [-0.3, -0.25) is 33.9 Å². The van der Waals surface area contributed by atoms with E-state index in [1.165, 1.54) is 13.2 Å². The van der Waals surface area contributed by atoms with Crippen LogP contribution in [0.4, 0.5) is 5.95 Å². The summed E-state index contributed by atoms with van der Waals surface area (Å²) < 4.78 is 17.0. The Kier molecular flexibility index (Phi) is 9.79. The van der Waals surface area contributed by atoms with Crippen molar-refractivity contribution in [1.82, 2.24) is 34.4 Å². The molecule has 2 aromatic carbocycles. The largest absolute Gasteiger partial charge is 0.494 e. The Labute approximate surface area is 321 Å². The van der Waals surface area contributed by atoms with E-state index in [1.54, 1.807) is 53.5 Å². The van der Waals surface area contributed by atoms with E-state index in [9.17, 15) is 19.2 Å². The molecule has 1 aliphatic carbocycles. The molecule has 0 radical (unpaired) electrons. The van der Waals surface area contributed by atoms with Crippen molar-refractivity contribution >= 4 is 40.6 Å². The third-order valence-corrected chi connectivity index (χ3v) is 10.8. The number of nitrogens with zero attached hydrogens (tertiary/aromatic N) is 6. The molecule has 294 valence electrons. The van der Waals surface area contributed by atoms with Gasteiger partial charge in [-0.15, -0.1) is 0 Å². The first kappa shape index (κ1) is 38.0. The number of nitrogens with one attached hydrogen (secondary N) is 2. The van der Waals surface area contributed by atoms with Gasteiger partial charge in [0.25, 0.3) is 11.8 Å². The number of nitrogens with two attached hydrogens (primary N) is 4. The van der Waals surface area contributed by atoms with Crippen LogP contribution >= 0.6 is 0 Å². The van der Waals surface area contributed by atoms with Crippen LogP contribution in [0.3, 0.4) is 0 Å². The summed E-state index contributed by atoms with van der Waals surface area (Å²) in [4.78, 5) is 56.8. The van der Waals surface area contributed by atoms with E-state index in [4.69, 9.17) is 37.4 Å². The summed E-state index contributed by atoms with van der Waals surface area (Å²) in [5.74, 6) is -1.95. The molecule has 56 heavy (non-hydrogen) atoms. The molecule has 0 spiro atoms. The number of rotatable bonds is 13. The Bertz CT molecular complexity index is 2410. The lowest BCUT2D eigenvalue weighted by Crippen LogP contribution is -2.64. The van der Waals surface area contributed by atoms with Gasteiger partial charge in [0.15, 0.2) is 0 Å². The molecule has 0 fully saturated rings. The molecular weight excluding hydrogens is 720 g/mol. The molecule has 0 saturated heterocycles. The summed E-state index contributed by atoms with van der Waals surface area (Å²) in [7, 11) is 1.48. The molecule has 0 saturated carbocycles. The molecule has 5 aromatic rings. The average Bonchev–Trinajstić information content (AvgIpc) is 3.90. The molecule has 18 heteroatoms. The third kappa shape index (κ3) is 6.39. The molecule has 3 aromatic heterocycles. The average molecular weight is 767 g/mol. The SMILES string of the molecule is CCn1nc(C)cc1C(=O)Nc1nc2cc(C(N)=O)cc(OC)c2n1CCC[C@@H]1COc2cc(C(N)=O)cc3c2C1[C@@](N)(NC(=O)c1cc(C)nn1CC)C3N. The Balaban J connectivity index is 1.23. The van der Waals surface area contributed by atoms with Crippen LogP contribution in [-0.4, -0.2) is 72.1 Å². The number of amides is 4. The van der Waals surface area contributed by atoms with Gasteiger partial charge < -0.3 is 42.3 Å². The van der Waals surface area contributed by atoms with Crippen molar-refractivity contribution in [2.75, 3.05) is 19.0 Å². The van der Waals surface area contributed by atoms with Crippen molar-refractivity contribution in [3.63, 3.8) is 0 Å². The number of benzene rings is 2. The van der Waals surface area contributed by atoms with E-state index >= 15 is 0 Å². The zero-order valence-electron chi connectivity index (χ0n) is 31.9. The van der Waals surface area contributed by atoms with Crippen LogP contribution in [0.2, 0.25) is 0 Å². The Hall–Kier alpha value is -6.27. The Morgan fingerprint density at radius 1 is 0.929 bits per heavy atom. The monoisotopic (exact) mass is 766 g/mol. The zero-order valence-corrected chi connectivity index (χ0v) is 31.9. The number of carbonyl (C=O) groups is 4. The first-order valence-corrected chi connectivity index (χ1v) is 18.4. The van der Waals surface area contributed by atoms with Gasteiger partial charge in [0.05, 0.1) is 36.7 Å². The first-order valence-electron chi connectivity index (χ1n) is 18.4. The Morgan fingerprint density at radius 3 is 2.16 bits per heavy atom. The van der Waals surface area contributed by atoms with Crippen LogP contribution in [-0.2, 0) is 19.6 Å². The lowest BCUT2D eigenvalue weighted by atomic mass is 9.77. The van der Waals surface area contributed by atoms with Crippen molar-refractivity contribution < 1.29 is 28.7 Å². The first-order chi connectivity index (χ1) is 26.7. The second-order valence-electron chi connectivity index (χ2n) is 14.3. The highest BCUT2D eigenvalue weighted by Crippen LogP contribution is 2.55. The smallest absolute Gasteiger partial charge is 0.276 e. The number of methoxy groups -OCH3 is 1. The summed E-state index contributed by atoms with van der Waals surface area (Å²) in [5, 5.41) is 14.8. The number of fused-ring (bicyclic) bond motifs is 1. The number of hydrogen-bond acceptors (Lipinski definition) is 11. The van der Waals surface area contributed by atoms with Crippen LogP contribution in [0.25, 0.3) is 11.0 Å². The Morgan fingerprint density at radius 2 is 1.55 bits per heavy atom. The summed E-state index contributed by atoms with van der Waals surface area (Å²) in [5.41, 5.74) is 28.7.